The number of carbonyl (C=O) groups is 2. The highest BCUT2D eigenvalue weighted by Crippen LogP contribution is 2.23. The average Bonchev–Trinajstić information content (AvgIpc) is 2.87. The van der Waals surface area contributed by atoms with Crippen molar-refractivity contribution >= 4 is 22.6 Å². The summed E-state index contributed by atoms with van der Waals surface area (Å²) in [6, 6.07) is 1.77. The van der Waals surface area contributed by atoms with Crippen LogP contribution >= 0.6 is 0 Å². The van der Waals surface area contributed by atoms with E-state index in [9.17, 15) is 18.4 Å². The third-order valence-electron chi connectivity index (χ3n) is 3.31. The summed E-state index contributed by atoms with van der Waals surface area (Å²) in [5.74, 6) is -3.01. The molecule has 0 unspecified atom stereocenters. The Kier molecular flexibility index (Phi) is 4.35. The van der Waals surface area contributed by atoms with E-state index in [2.05, 4.69) is 4.98 Å². The number of nitrogens with zero attached hydrogens (tertiary/aromatic N) is 1. The van der Waals surface area contributed by atoms with Gasteiger partial charge in [0.2, 0.25) is 0 Å². The minimum absolute atomic E-state index is 0.0112. The van der Waals surface area contributed by atoms with Crippen LogP contribution in [-0.4, -0.2) is 34.7 Å². The highest BCUT2D eigenvalue weighted by atomic mass is 19.1. The molecule has 0 bridgehead atoms. The van der Waals surface area contributed by atoms with Crippen LogP contribution in [-0.2, 0) is 4.79 Å². The maximum atomic E-state index is 13.6. The number of halogens is 2. The number of benzene rings is 1. The number of aromatic nitrogens is 1. The molecule has 0 radical (unpaired) electrons. The molecule has 0 aliphatic rings. The van der Waals surface area contributed by atoms with E-state index in [-0.39, 0.29) is 16.5 Å². The van der Waals surface area contributed by atoms with Crippen LogP contribution in [0.1, 0.15) is 30.6 Å². The fraction of sp³-hybridized carbons (Fsp3) is 0.333. The summed E-state index contributed by atoms with van der Waals surface area (Å²) >= 11 is 0. The van der Waals surface area contributed by atoms with Crippen LogP contribution in [0.15, 0.2) is 18.3 Å². The number of nitrogens with one attached hydrogen (secondary N) is 1. The first-order chi connectivity index (χ1) is 9.99. The molecule has 0 aliphatic carbocycles. The molecule has 1 amide bonds. The number of rotatable bonds is 5. The number of hydrogen-bond donors (Lipinski definition) is 1. The van der Waals surface area contributed by atoms with Crippen LogP contribution in [0.5, 0.6) is 0 Å². The molecule has 0 spiro atoms. The van der Waals surface area contributed by atoms with Gasteiger partial charge in [-0.25, -0.2) is 8.78 Å². The van der Waals surface area contributed by atoms with Crippen LogP contribution in [0.2, 0.25) is 0 Å². The molecule has 1 aromatic heterocycles. The number of Topliss-reactive ketones (excluding diaryl/α,β-unsaturated/α-hetero) is 1. The van der Waals surface area contributed by atoms with Crippen molar-refractivity contribution < 1.29 is 18.4 Å². The molecule has 0 atom stereocenters. The minimum Gasteiger partial charge on any atom is -0.358 e. The number of H-pyrrole nitrogens is 1. The second kappa shape index (κ2) is 6.03. The monoisotopic (exact) mass is 294 g/mol. The summed E-state index contributed by atoms with van der Waals surface area (Å²) in [5.41, 5.74) is 0.00837. The van der Waals surface area contributed by atoms with Crippen molar-refractivity contribution in [2.24, 2.45) is 0 Å². The van der Waals surface area contributed by atoms with E-state index in [1.165, 1.54) is 11.1 Å². The van der Waals surface area contributed by atoms with Crippen molar-refractivity contribution in [1.82, 2.24) is 9.88 Å². The van der Waals surface area contributed by atoms with Gasteiger partial charge >= 0.3 is 0 Å². The first kappa shape index (κ1) is 15.2. The van der Waals surface area contributed by atoms with Crippen LogP contribution in [0, 0.1) is 11.6 Å². The number of hydrogen-bond acceptors (Lipinski definition) is 2. The van der Waals surface area contributed by atoms with Crippen molar-refractivity contribution in [3.8, 4) is 0 Å². The molecule has 0 fully saturated rings. The summed E-state index contributed by atoms with van der Waals surface area (Å²) in [4.78, 5) is 28.4. The van der Waals surface area contributed by atoms with Gasteiger partial charge in [-0.3, -0.25) is 9.59 Å². The number of fused-ring (bicyclic) bond motifs is 1. The lowest BCUT2D eigenvalue weighted by Gasteiger charge is -2.18. The fourth-order valence-electron chi connectivity index (χ4n) is 2.27. The van der Waals surface area contributed by atoms with Crippen LogP contribution in [0.25, 0.3) is 10.9 Å². The summed E-state index contributed by atoms with van der Waals surface area (Å²) in [6.07, 6.45) is 1.97. The van der Waals surface area contributed by atoms with Crippen molar-refractivity contribution in [2.45, 2.75) is 20.3 Å². The SMILES string of the molecule is CCCN(CC)C(=O)C(=O)c1c[nH]c2c(F)cc(F)cc12. The highest BCUT2D eigenvalue weighted by molar-refractivity contribution is 6.44. The summed E-state index contributed by atoms with van der Waals surface area (Å²) in [6.45, 7) is 4.54. The van der Waals surface area contributed by atoms with Crippen LogP contribution < -0.4 is 0 Å². The number of amides is 1. The minimum atomic E-state index is -0.794. The molecule has 0 aliphatic heterocycles. The predicted molar refractivity (Wildman–Crippen MR) is 75.1 cm³/mol. The Morgan fingerprint density at radius 3 is 2.57 bits per heavy atom. The summed E-state index contributed by atoms with van der Waals surface area (Å²) in [7, 11) is 0. The average molecular weight is 294 g/mol. The van der Waals surface area contributed by atoms with E-state index in [1.54, 1.807) is 6.92 Å². The number of likely N-dealkylation sites (N-methyl/N-ethyl adjacent to an activating group) is 1. The quantitative estimate of drug-likeness (QED) is 0.681. The van der Waals surface area contributed by atoms with Gasteiger partial charge in [-0.15, -0.1) is 0 Å². The van der Waals surface area contributed by atoms with Crippen molar-refractivity contribution in [3.05, 3.63) is 35.5 Å². The molecular weight excluding hydrogens is 278 g/mol. The molecule has 0 saturated heterocycles. The Balaban J connectivity index is 2.42. The van der Waals surface area contributed by atoms with Crippen molar-refractivity contribution in [1.29, 1.82) is 0 Å². The van der Waals surface area contributed by atoms with Gasteiger partial charge < -0.3 is 9.88 Å². The molecule has 1 heterocycles. The lowest BCUT2D eigenvalue weighted by molar-refractivity contribution is -0.126. The van der Waals surface area contributed by atoms with Crippen LogP contribution in [0.4, 0.5) is 8.78 Å². The van der Waals surface area contributed by atoms with Gasteiger partial charge in [0, 0.05) is 30.7 Å². The Hall–Kier alpha value is -2.24. The Bertz CT molecular complexity index is 694. The van der Waals surface area contributed by atoms with Crippen molar-refractivity contribution in [3.63, 3.8) is 0 Å². The molecular formula is C15H16F2N2O2. The summed E-state index contributed by atoms with van der Waals surface area (Å²) < 4.78 is 26.9. The van der Waals surface area contributed by atoms with E-state index in [0.29, 0.717) is 13.1 Å². The van der Waals surface area contributed by atoms with Gasteiger partial charge in [0.1, 0.15) is 11.6 Å². The Labute approximate surface area is 120 Å². The third-order valence-corrected chi connectivity index (χ3v) is 3.31. The van der Waals surface area contributed by atoms with Gasteiger partial charge in [0.25, 0.3) is 11.7 Å². The second-order valence-electron chi connectivity index (χ2n) is 4.73. The van der Waals surface area contributed by atoms with E-state index in [0.717, 1.165) is 18.6 Å². The normalized spacial score (nSPS) is 10.9. The first-order valence-electron chi connectivity index (χ1n) is 6.79. The smallest absolute Gasteiger partial charge is 0.295 e. The van der Waals surface area contributed by atoms with Gasteiger partial charge in [0.15, 0.2) is 0 Å². The summed E-state index contributed by atoms with van der Waals surface area (Å²) in [5, 5.41) is 0.0819. The fourth-order valence-corrected chi connectivity index (χ4v) is 2.27. The van der Waals surface area contributed by atoms with Gasteiger partial charge in [0.05, 0.1) is 11.1 Å². The molecule has 6 heteroatoms. The maximum Gasteiger partial charge on any atom is 0.295 e. The topological polar surface area (TPSA) is 53.2 Å². The maximum absolute atomic E-state index is 13.6. The number of aromatic amines is 1. The first-order valence-corrected chi connectivity index (χ1v) is 6.79. The second-order valence-corrected chi connectivity index (χ2v) is 4.73. The van der Waals surface area contributed by atoms with Crippen LogP contribution in [0.3, 0.4) is 0 Å². The predicted octanol–water partition coefficient (Wildman–Crippen LogP) is 2.89. The molecule has 2 rings (SSSR count). The molecule has 0 saturated carbocycles. The van der Waals surface area contributed by atoms with Crippen molar-refractivity contribution in [2.75, 3.05) is 13.1 Å². The highest BCUT2D eigenvalue weighted by Gasteiger charge is 2.25. The standard InChI is InChI=1S/C15H16F2N2O2/c1-3-5-19(4-2)15(21)14(20)11-8-18-13-10(11)6-9(16)7-12(13)17/h6-8,18H,3-5H2,1-2H3. The number of ketones is 1. The van der Waals surface area contributed by atoms with E-state index < -0.39 is 23.3 Å². The molecule has 1 aromatic carbocycles. The largest absolute Gasteiger partial charge is 0.358 e. The zero-order valence-electron chi connectivity index (χ0n) is 11.9. The lowest BCUT2D eigenvalue weighted by Crippen LogP contribution is -2.36. The number of carbonyl (C=O) groups excluding carboxylic acids is 2. The zero-order chi connectivity index (χ0) is 15.6. The van der Waals surface area contributed by atoms with Gasteiger partial charge in [-0.2, -0.15) is 0 Å². The molecule has 21 heavy (non-hydrogen) atoms. The molecule has 112 valence electrons. The Morgan fingerprint density at radius 1 is 1.24 bits per heavy atom. The molecule has 2 aromatic rings. The Morgan fingerprint density at radius 2 is 1.95 bits per heavy atom. The third kappa shape index (κ3) is 2.79. The lowest BCUT2D eigenvalue weighted by atomic mass is 10.1. The molecule has 1 N–H and O–H groups in total. The van der Waals surface area contributed by atoms with Gasteiger partial charge in [-0.1, -0.05) is 6.92 Å². The van der Waals surface area contributed by atoms with E-state index in [1.807, 2.05) is 6.92 Å². The van der Waals surface area contributed by atoms with Gasteiger partial charge in [-0.05, 0) is 19.4 Å². The zero-order valence-corrected chi connectivity index (χ0v) is 11.9. The van der Waals surface area contributed by atoms with E-state index in [4.69, 9.17) is 0 Å². The molecule has 4 nitrogen and oxygen atoms in total. The van der Waals surface area contributed by atoms with E-state index >= 15 is 0 Å².